The van der Waals surface area contributed by atoms with E-state index < -0.39 is 33.4 Å². The van der Waals surface area contributed by atoms with E-state index in [0.717, 1.165) is 5.56 Å². The summed E-state index contributed by atoms with van der Waals surface area (Å²) >= 11 is 0. The first-order valence-electron chi connectivity index (χ1n) is 8.12. The lowest BCUT2D eigenvalue weighted by atomic mass is 9.98. The number of carbonyl (C=O) groups is 2. The number of nitrogens with zero attached hydrogens (tertiary/aromatic N) is 1. The quantitative estimate of drug-likeness (QED) is 0.799. The van der Waals surface area contributed by atoms with Crippen LogP contribution in [-0.2, 0) is 25.8 Å². The maximum absolute atomic E-state index is 12.2. The molecule has 6 nitrogen and oxygen atoms in total. The monoisotopic (exact) mass is 353 g/mol. The number of amides is 1. The van der Waals surface area contributed by atoms with Crippen LogP contribution in [0.4, 0.5) is 0 Å². The average molecular weight is 353 g/mol. The Balaban J connectivity index is 1.82. The van der Waals surface area contributed by atoms with Crippen molar-refractivity contribution in [3.8, 4) is 0 Å². The lowest BCUT2D eigenvalue weighted by molar-refractivity contribution is -0.145. The third kappa shape index (κ3) is 5.63. The minimum atomic E-state index is -3.48. The highest BCUT2D eigenvalue weighted by Crippen LogP contribution is 2.17. The zero-order chi connectivity index (χ0) is 17.6. The van der Waals surface area contributed by atoms with Gasteiger partial charge in [0, 0.05) is 13.1 Å². The second kappa shape index (κ2) is 8.28. The van der Waals surface area contributed by atoms with Crippen molar-refractivity contribution in [2.45, 2.75) is 25.7 Å². The standard InChI is InChI=1S/C17H23NO5S/c19-16(18-10-4-9-15(12-18)17(20)21)13-24(22,23)11-5-8-14-6-2-1-3-7-14/h1-3,6-7,15H,4-5,8-13H2,(H,20,21). The lowest BCUT2D eigenvalue weighted by Crippen LogP contribution is -2.44. The second-order valence-corrected chi connectivity index (χ2v) is 8.38. The predicted molar refractivity (Wildman–Crippen MR) is 90.4 cm³/mol. The van der Waals surface area contributed by atoms with E-state index in [1.54, 1.807) is 0 Å². The van der Waals surface area contributed by atoms with E-state index in [2.05, 4.69) is 0 Å². The van der Waals surface area contributed by atoms with E-state index in [1.165, 1.54) is 4.90 Å². The van der Waals surface area contributed by atoms with E-state index in [0.29, 0.717) is 32.2 Å². The van der Waals surface area contributed by atoms with Crippen LogP contribution >= 0.6 is 0 Å². The number of benzene rings is 1. The van der Waals surface area contributed by atoms with Gasteiger partial charge in [-0.15, -0.1) is 0 Å². The van der Waals surface area contributed by atoms with Gasteiger partial charge < -0.3 is 10.0 Å². The molecule has 24 heavy (non-hydrogen) atoms. The van der Waals surface area contributed by atoms with E-state index >= 15 is 0 Å². The fraction of sp³-hybridized carbons (Fsp3) is 0.529. The van der Waals surface area contributed by atoms with Crippen molar-refractivity contribution in [1.82, 2.24) is 4.90 Å². The molecule has 1 aromatic carbocycles. The zero-order valence-corrected chi connectivity index (χ0v) is 14.4. The molecule has 1 amide bonds. The van der Waals surface area contributed by atoms with E-state index in [4.69, 9.17) is 5.11 Å². The third-order valence-electron chi connectivity index (χ3n) is 4.23. The molecular formula is C17H23NO5S. The Kier molecular flexibility index (Phi) is 6.36. The molecule has 1 aliphatic heterocycles. The summed E-state index contributed by atoms with van der Waals surface area (Å²) in [6, 6.07) is 9.60. The van der Waals surface area contributed by atoms with Crippen LogP contribution in [0.5, 0.6) is 0 Å². The van der Waals surface area contributed by atoms with E-state index in [-0.39, 0.29) is 12.3 Å². The normalized spacial score (nSPS) is 18.3. The van der Waals surface area contributed by atoms with Crippen LogP contribution in [0, 0.1) is 5.92 Å². The number of sulfone groups is 1. The number of hydrogen-bond acceptors (Lipinski definition) is 4. The van der Waals surface area contributed by atoms with E-state index in [9.17, 15) is 18.0 Å². The Hall–Kier alpha value is -1.89. The molecular weight excluding hydrogens is 330 g/mol. The molecule has 0 saturated carbocycles. The Morgan fingerprint density at radius 1 is 1.21 bits per heavy atom. The number of carboxylic acid groups (broad SMARTS) is 1. The van der Waals surface area contributed by atoms with Crippen LogP contribution < -0.4 is 0 Å². The summed E-state index contributed by atoms with van der Waals surface area (Å²) in [4.78, 5) is 24.6. The average Bonchev–Trinajstić information content (AvgIpc) is 2.55. The van der Waals surface area contributed by atoms with Crippen LogP contribution in [0.1, 0.15) is 24.8 Å². The fourth-order valence-electron chi connectivity index (χ4n) is 2.90. The molecule has 1 heterocycles. The number of carboxylic acids is 1. The van der Waals surface area contributed by atoms with Crippen molar-refractivity contribution < 1.29 is 23.1 Å². The van der Waals surface area contributed by atoms with Crippen LogP contribution in [-0.4, -0.2) is 54.9 Å². The van der Waals surface area contributed by atoms with Crippen molar-refractivity contribution in [1.29, 1.82) is 0 Å². The predicted octanol–water partition coefficient (Wildman–Crippen LogP) is 1.36. The van der Waals surface area contributed by atoms with Crippen molar-refractivity contribution in [3.63, 3.8) is 0 Å². The van der Waals surface area contributed by atoms with E-state index in [1.807, 2.05) is 30.3 Å². The number of aryl methyl sites for hydroxylation is 1. The zero-order valence-electron chi connectivity index (χ0n) is 13.6. The number of carbonyl (C=O) groups excluding carboxylic acids is 1. The lowest BCUT2D eigenvalue weighted by Gasteiger charge is -2.30. The highest BCUT2D eigenvalue weighted by Gasteiger charge is 2.30. The van der Waals surface area contributed by atoms with Gasteiger partial charge in [-0.25, -0.2) is 8.42 Å². The minimum Gasteiger partial charge on any atom is -0.481 e. The van der Waals surface area contributed by atoms with Gasteiger partial charge in [0.15, 0.2) is 9.84 Å². The summed E-state index contributed by atoms with van der Waals surface area (Å²) in [6.07, 6.45) is 2.25. The number of likely N-dealkylation sites (tertiary alicyclic amines) is 1. The van der Waals surface area contributed by atoms with Gasteiger partial charge >= 0.3 is 5.97 Å². The Labute approximate surface area is 142 Å². The summed E-state index contributed by atoms with van der Waals surface area (Å²) in [6.45, 7) is 0.538. The number of rotatable bonds is 7. The van der Waals surface area contributed by atoms with Crippen LogP contribution in [0.25, 0.3) is 0 Å². The van der Waals surface area contributed by atoms with Gasteiger partial charge in [0.25, 0.3) is 0 Å². The minimum absolute atomic E-state index is 0.0379. The number of piperidine rings is 1. The van der Waals surface area contributed by atoms with Gasteiger partial charge in [0.1, 0.15) is 5.75 Å². The molecule has 2 rings (SSSR count). The van der Waals surface area contributed by atoms with Gasteiger partial charge in [-0.1, -0.05) is 30.3 Å². The molecule has 1 unspecified atom stereocenters. The maximum Gasteiger partial charge on any atom is 0.308 e. The Bertz CT molecular complexity index is 671. The third-order valence-corrected chi connectivity index (χ3v) is 5.83. The van der Waals surface area contributed by atoms with Crippen molar-refractivity contribution in [2.75, 3.05) is 24.6 Å². The van der Waals surface area contributed by atoms with Crippen LogP contribution in [0.2, 0.25) is 0 Å². The first-order chi connectivity index (χ1) is 11.4. The topological polar surface area (TPSA) is 91.8 Å². The summed E-state index contributed by atoms with van der Waals surface area (Å²) in [5, 5.41) is 9.04. The molecule has 0 radical (unpaired) electrons. The van der Waals surface area contributed by atoms with Crippen molar-refractivity contribution in [3.05, 3.63) is 35.9 Å². The highest BCUT2D eigenvalue weighted by atomic mass is 32.2. The van der Waals surface area contributed by atoms with Gasteiger partial charge in [-0.3, -0.25) is 9.59 Å². The molecule has 1 saturated heterocycles. The smallest absolute Gasteiger partial charge is 0.308 e. The summed E-state index contributed by atoms with van der Waals surface area (Å²) < 4.78 is 24.3. The molecule has 0 bridgehead atoms. The van der Waals surface area contributed by atoms with Crippen molar-refractivity contribution in [2.24, 2.45) is 5.92 Å². The molecule has 1 fully saturated rings. The van der Waals surface area contributed by atoms with Crippen molar-refractivity contribution >= 4 is 21.7 Å². The van der Waals surface area contributed by atoms with Gasteiger partial charge in [-0.05, 0) is 31.2 Å². The Morgan fingerprint density at radius 3 is 2.58 bits per heavy atom. The van der Waals surface area contributed by atoms with Gasteiger partial charge in [-0.2, -0.15) is 0 Å². The fourth-order valence-corrected chi connectivity index (χ4v) is 4.19. The van der Waals surface area contributed by atoms with Gasteiger partial charge in [0.05, 0.1) is 11.7 Å². The summed E-state index contributed by atoms with van der Waals surface area (Å²) in [5.41, 5.74) is 1.07. The summed E-state index contributed by atoms with van der Waals surface area (Å²) in [7, 11) is -3.48. The largest absolute Gasteiger partial charge is 0.481 e. The molecule has 132 valence electrons. The highest BCUT2D eigenvalue weighted by molar-refractivity contribution is 7.92. The molecule has 0 aliphatic carbocycles. The van der Waals surface area contributed by atoms with Crippen LogP contribution in [0.15, 0.2) is 30.3 Å². The van der Waals surface area contributed by atoms with Gasteiger partial charge in [0.2, 0.25) is 5.91 Å². The molecule has 0 spiro atoms. The molecule has 1 aromatic rings. The second-order valence-electron chi connectivity index (χ2n) is 6.20. The Morgan fingerprint density at radius 2 is 1.92 bits per heavy atom. The SMILES string of the molecule is O=C(O)C1CCCN(C(=O)CS(=O)(=O)CCCc2ccccc2)C1. The molecule has 0 aromatic heterocycles. The first kappa shape index (κ1) is 18.4. The van der Waals surface area contributed by atoms with Crippen LogP contribution in [0.3, 0.4) is 0 Å². The molecule has 1 N–H and O–H groups in total. The first-order valence-corrected chi connectivity index (χ1v) is 9.94. The molecule has 1 atom stereocenters. The number of hydrogen-bond donors (Lipinski definition) is 1. The maximum atomic E-state index is 12.2. The molecule has 7 heteroatoms. The number of aliphatic carboxylic acids is 1. The molecule has 1 aliphatic rings. The summed E-state index contributed by atoms with van der Waals surface area (Å²) in [5.74, 6) is -2.58.